The predicted octanol–water partition coefficient (Wildman–Crippen LogP) is 2.26. The minimum Gasteiger partial charge on any atom is -0.389 e. The maximum Gasteiger partial charge on any atom is 0.228 e. The number of halogens is 2. The Labute approximate surface area is 122 Å². The van der Waals surface area contributed by atoms with E-state index < -0.39 is 5.82 Å². The fourth-order valence-corrected chi connectivity index (χ4v) is 2.35. The van der Waals surface area contributed by atoms with Crippen LogP contribution in [0.25, 0.3) is 0 Å². The molecule has 5 nitrogen and oxygen atoms in total. The van der Waals surface area contributed by atoms with Gasteiger partial charge in [0.25, 0.3) is 0 Å². The van der Waals surface area contributed by atoms with Gasteiger partial charge in [0.2, 0.25) is 5.89 Å². The largest absolute Gasteiger partial charge is 0.389 e. The molecule has 0 amide bonds. The average molecular weight is 345 g/mol. The molecule has 8 heteroatoms. The first-order valence-corrected chi connectivity index (χ1v) is 6.57. The van der Waals surface area contributed by atoms with Crippen molar-refractivity contribution in [1.29, 1.82) is 0 Å². The third-order valence-corrected chi connectivity index (χ3v) is 3.40. The number of nitrogens with zero attached hydrogens (tertiary/aromatic N) is 2. The summed E-state index contributed by atoms with van der Waals surface area (Å²) < 4.78 is 19.1. The lowest BCUT2D eigenvalue weighted by atomic mass is 10.2. The fourth-order valence-electron chi connectivity index (χ4n) is 1.49. The van der Waals surface area contributed by atoms with Gasteiger partial charge in [-0.1, -0.05) is 17.4 Å². The van der Waals surface area contributed by atoms with Crippen molar-refractivity contribution < 1.29 is 8.91 Å². The van der Waals surface area contributed by atoms with Crippen LogP contribution in [0.2, 0.25) is 0 Å². The first-order chi connectivity index (χ1) is 9.09. The van der Waals surface area contributed by atoms with Crippen LogP contribution in [-0.4, -0.2) is 21.7 Å². The van der Waals surface area contributed by atoms with E-state index in [0.29, 0.717) is 30.1 Å². The molecule has 0 unspecified atom stereocenters. The smallest absolute Gasteiger partial charge is 0.228 e. The zero-order valence-corrected chi connectivity index (χ0v) is 12.1. The number of benzene rings is 1. The lowest BCUT2D eigenvalue weighted by Crippen LogP contribution is -2.12. The zero-order chi connectivity index (χ0) is 13.8. The highest BCUT2D eigenvalue weighted by Gasteiger charge is 2.12. The predicted molar refractivity (Wildman–Crippen MR) is 76.5 cm³/mol. The van der Waals surface area contributed by atoms with Crippen molar-refractivity contribution in [2.45, 2.75) is 6.42 Å². The van der Waals surface area contributed by atoms with Gasteiger partial charge in [0.15, 0.2) is 12.1 Å². The van der Waals surface area contributed by atoms with Gasteiger partial charge in [-0.15, -0.1) is 0 Å². The molecule has 1 heterocycles. The molecule has 100 valence electrons. The minimum absolute atomic E-state index is 0.142. The summed E-state index contributed by atoms with van der Waals surface area (Å²) in [5.74, 6) is 0.0579. The first kappa shape index (κ1) is 13.9. The highest BCUT2D eigenvalue weighted by molar-refractivity contribution is 9.10. The summed E-state index contributed by atoms with van der Waals surface area (Å²) in [6.45, 7) is 0.470. The van der Waals surface area contributed by atoms with Gasteiger partial charge in [-0.25, -0.2) is 4.39 Å². The number of aromatic nitrogens is 2. The molecular formula is C11H10BrFN4OS. The molecule has 0 spiro atoms. The van der Waals surface area contributed by atoms with Crippen LogP contribution in [0, 0.1) is 5.82 Å². The van der Waals surface area contributed by atoms with Crippen molar-refractivity contribution in [1.82, 2.24) is 10.1 Å². The SMILES string of the molecule is NC(=S)c1ccc(NCCc2ncno2)c(F)c1Br. The molecule has 0 radical (unpaired) electrons. The quantitative estimate of drug-likeness (QED) is 0.810. The fraction of sp³-hybridized carbons (Fsp3) is 0.182. The second-order valence-electron chi connectivity index (χ2n) is 3.66. The second kappa shape index (κ2) is 6.07. The molecule has 0 aliphatic rings. The molecule has 0 bridgehead atoms. The number of anilines is 1. The summed E-state index contributed by atoms with van der Waals surface area (Å²) in [7, 11) is 0. The lowest BCUT2D eigenvalue weighted by molar-refractivity contribution is 0.379. The Hall–Kier alpha value is -1.54. The summed E-state index contributed by atoms with van der Waals surface area (Å²) in [6.07, 6.45) is 1.83. The van der Waals surface area contributed by atoms with E-state index in [9.17, 15) is 4.39 Å². The van der Waals surface area contributed by atoms with Crippen LogP contribution >= 0.6 is 28.1 Å². The highest BCUT2D eigenvalue weighted by Crippen LogP contribution is 2.27. The van der Waals surface area contributed by atoms with Gasteiger partial charge in [-0.05, 0) is 28.1 Å². The highest BCUT2D eigenvalue weighted by atomic mass is 79.9. The van der Waals surface area contributed by atoms with Crippen molar-refractivity contribution in [3.8, 4) is 0 Å². The van der Waals surface area contributed by atoms with Gasteiger partial charge in [0.05, 0.1) is 10.2 Å². The van der Waals surface area contributed by atoms with Crippen LogP contribution in [0.4, 0.5) is 10.1 Å². The van der Waals surface area contributed by atoms with Gasteiger partial charge in [-0.3, -0.25) is 0 Å². The molecule has 1 aromatic carbocycles. The van der Waals surface area contributed by atoms with E-state index in [-0.39, 0.29) is 9.46 Å². The second-order valence-corrected chi connectivity index (χ2v) is 4.90. The van der Waals surface area contributed by atoms with Crippen molar-refractivity contribution in [3.05, 3.63) is 40.2 Å². The number of rotatable bonds is 5. The average Bonchev–Trinajstić information content (AvgIpc) is 2.87. The standard InChI is InChI=1S/C11H10BrFN4OS/c12-9-6(11(14)19)1-2-7(10(9)13)15-4-3-8-16-5-17-18-8/h1-2,5,15H,3-4H2,(H2,14,19). The molecule has 0 atom stereocenters. The van der Waals surface area contributed by atoms with E-state index in [1.54, 1.807) is 12.1 Å². The number of nitrogens with two attached hydrogens (primary N) is 1. The van der Waals surface area contributed by atoms with Crippen molar-refractivity contribution >= 4 is 38.8 Å². The molecule has 3 N–H and O–H groups in total. The Balaban J connectivity index is 2.05. The van der Waals surface area contributed by atoms with Crippen LogP contribution in [0.5, 0.6) is 0 Å². The molecule has 1 aromatic heterocycles. The van der Waals surface area contributed by atoms with Gasteiger partial charge in [0, 0.05) is 18.5 Å². The molecular weight excluding hydrogens is 335 g/mol. The van der Waals surface area contributed by atoms with Gasteiger partial charge in [-0.2, -0.15) is 4.98 Å². The summed E-state index contributed by atoms with van der Waals surface area (Å²) >= 11 is 7.97. The van der Waals surface area contributed by atoms with Crippen LogP contribution < -0.4 is 11.1 Å². The Kier molecular flexibility index (Phi) is 4.43. The van der Waals surface area contributed by atoms with E-state index in [2.05, 4.69) is 31.4 Å². The Bertz CT molecular complexity index is 591. The van der Waals surface area contributed by atoms with Crippen molar-refractivity contribution in [2.75, 3.05) is 11.9 Å². The zero-order valence-electron chi connectivity index (χ0n) is 9.69. The molecule has 0 saturated carbocycles. The molecule has 0 aliphatic heterocycles. The molecule has 0 saturated heterocycles. The van der Waals surface area contributed by atoms with Crippen LogP contribution in [0.3, 0.4) is 0 Å². The molecule has 2 aromatic rings. The Morgan fingerprint density at radius 1 is 1.53 bits per heavy atom. The number of hydrogen-bond donors (Lipinski definition) is 2. The maximum atomic E-state index is 14.0. The minimum atomic E-state index is -0.434. The van der Waals surface area contributed by atoms with E-state index in [0.717, 1.165) is 0 Å². The molecule has 0 aliphatic carbocycles. The third-order valence-electron chi connectivity index (χ3n) is 2.41. The normalized spacial score (nSPS) is 10.4. The van der Waals surface area contributed by atoms with E-state index in [1.807, 2.05) is 0 Å². The number of thiocarbonyl (C=S) groups is 1. The molecule has 2 rings (SSSR count). The van der Waals surface area contributed by atoms with Gasteiger partial charge >= 0.3 is 0 Å². The summed E-state index contributed by atoms with van der Waals surface area (Å²) in [6, 6.07) is 3.24. The summed E-state index contributed by atoms with van der Waals surface area (Å²) in [5.41, 5.74) is 6.31. The van der Waals surface area contributed by atoms with Crippen molar-refractivity contribution in [2.24, 2.45) is 5.73 Å². The topological polar surface area (TPSA) is 77.0 Å². The monoisotopic (exact) mass is 344 g/mol. The molecule has 0 fully saturated rings. The van der Waals surface area contributed by atoms with Gasteiger partial charge in [0.1, 0.15) is 4.99 Å². The summed E-state index contributed by atoms with van der Waals surface area (Å²) in [4.78, 5) is 4.01. The Morgan fingerprint density at radius 2 is 2.32 bits per heavy atom. The van der Waals surface area contributed by atoms with Gasteiger partial charge < -0.3 is 15.6 Å². The van der Waals surface area contributed by atoms with Crippen LogP contribution in [0.15, 0.2) is 27.5 Å². The van der Waals surface area contributed by atoms with E-state index in [1.165, 1.54) is 6.33 Å². The molecule has 19 heavy (non-hydrogen) atoms. The summed E-state index contributed by atoms with van der Waals surface area (Å²) in [5, 5.41) is 6.43. The van der Waals surface area contributed by atoms with Crippen molar-refractivity contribution in [3.63, 3.8) is 0 Å². The van der Waals surface area contributed by atoms with Crippen LogP contribution in [0.1, 0.15) is 11.5 Å². The number of hydrogen-bond acceptors (Lipinski definition) is 5. The Morgan fingerprint density at radius 3 is 2.95 bits per heavy atom. The number of nitrogens with one attached hydrogen (secondary N) is 1. The van der Waals surface area contributed by atoms with E-state index >= 15 is 0 Å². The first-order valence-electron chi connectivity index (χ1n) is 5.37. The van der Waals surface area contributed by atoms with E-state index in [4.69, 9.17) is 22.5 Å². The lowest BCUT2D eigenvalue weighted by Gasteiger charge is -2.10. The van der Waals surface area contributed by atoms with Crippen LogP contribution in [-0.2, 0) is 6.42 Å². The maximum absolute atomic E-state index is 14.0. The third kappa shape index (κ3) is 3.27.